The van der Waals surface area contributed by atoms with Crippen LogP contribution in [-0.2, 0) is 4.74 Å². The smallest absolute Gasteiger partial charge is 0.410 e. The fourth-order valence-corrected chi connectivity index (χ4v) is 3.72. The number of ether oxygens (including phenoxy) is 1. The second-order valence-corrected chi connectivity index (χ2v) is 8.70. The van der Waals surface area contributed by atoms with Crippen LogP contribution < -0.4 is 0 Å². The van der Waals surface area contributed by atoms with E-state index in [-0.39, 0.29) is 12.0 Å². The normalized spacial score (nSPS) is 15.2. The number of carbonyl (C=O) groups is 1. The lowest BCUT2D eigenvalue weighted by Gasteiger charge is -2.32. The van der Waals surface area contributed by atoms with Crippen LogP contribution >= 0.6 is 0 Å². The average Bonchev–Trinajstić information content (AvgIpc) is 3.19. The second kappa shape index (κ2) is 8.34. The van der Waals surface area contributed by atoms with Gasteiger partial charge in [0.2, 0.25) is 0 Å². The largest absolute Gasteiger partial charge is 0.444 e. The third-order valence-corrected chi connectivity index (χ3v) is 5.22. The van der Waals surface area contributed by atoms with Crippen molar-refractivity contribution in [2.24, 2.45) is 0 Å². The highest BCUT2D eigenvalue weighted by Crippen LogP contribution is 2.37. The highest BCUT2D eigenvalue weighted by Gasteiger charge is 2.30. The lowest BCUT2D eigenvalue weighted by molar-refractivity contribution is 0.0199. The number of piperidine rings is 1. The van der Waals surface area contributed by atoms with E-state index in [2.05, 4.69) is 12.1 Å². The SMILES string of the molecule is CC(C)(C)OC(=O)N1CCC(c2nc(-c3ccccc3)c(-c3ccccc3)o2)CC1. The van der Waals surface area contributed by atoms with E-state index >= 15 is 0 Å². The van der Waals surface area contributed by atoms with E-state index in [0.717, 1.165) is 41.3 Å². The van der Waals surface area contributed by atoms with E-state index in [1.54, 1.807) is 4.90 Å². The number of amides is 1. The minimum atomic E-state index is -0.480. The van der Waals surface area contributed by atoms with Crippen molar-refractivity contribution in [3.05, 3.63) is 66.6 Å². The van der Waals surface area contributed by atoms with Gasteiger partial charge in [0.1, 0.15) is 11.3 Å². The summed E-state index contributed by atoms with van der Waals surface area (Å²) in [7, 11) is 0. The van der Waals surface area contributed by atoms with E-state index in [1.807, 2.05) is 69.3 Å². The van der Waals surface area contributed by atoms with Crippen LogP contribution in [0.15, 0.2) is 65.1 Å². The number of rotatable bonds is 3. The van der Waals surface area contributed by atoms with Gasteiger partial charge in [0.15, 0.2) is 11.7 Å². The summed E-state index contributed by atoms with van der Waals surface area (Å²) in [5, 5.41) is 0. The topological polar surface area (TPSA) is 55.6 Å². The number of hydrogen-bond acceptors (Lipinski definition) is 4. The van der Waals surface area contributed by atoms with Crippen molar-refractivity contribution in [3.63, 3.8) is 0 Å². The van der Waals surface area contributed by atoms with Gasteiger partial charge in [-0.25, -0.2) is 9.78 Å². The molecule has 2 heterocycles. The number of aromatic nitrogens is 1. The fraction of sp³-hybridized carbons (Fsp3) is 0.360. The summed E-state index contributed by atoms with van der Waals surface area (Å²) in [6, 6.07) is 20.2. The molecule has 1 aliphatic rings. The Morgan fingerprint density at radius 1 is 0.967 bits per heavy atom. The molecule has 1 fully saturated rings. The van der Waals surface area contributed by atoms with Gasteiger partial charge in [-0.05, 0) is 33.6 Å². The Labute approximate surface area is 177 Å². The average molecular weight is 405 g/mol. The molecule has 1 aromatic heterocycles. The molecular formula is C25H28N2O3. The monoisotopic (exact) mass is 404 g/mol. The molecule has 0 radical (unpaired) electrons. The molecule has 5 nitrogen and oxygen atoms in total. The molecule has 1 saturated heterocycles. The van der Waals surface area contributed by atoms with Crippen LogP contribution in [0.4, 0.5) is 4.79 Å². The lowest BCUT2D eigenvalue weighted by atomic mass is 9.97. The summed E-state index contributed by atoms with van der Waals surface area (Å²) in [6.45, 7) is 6.95. The summed E-state index contributed by atoms with van der Waals surface area (Å²) in [5.74, 6) is 1.73. The Kier molecular flexibility index (Phi) is 5.62. The van der Waals surface area contributed by atoms with Crippen LogP contribution in [0.25, 0.3) is 22.6 Å². The van der Waals surface area contributed by atoms with Crippen molar-refractivity contribution >= 4 is 6.09 Å². The minimum absolute atomic E-state index is 0.184. The Morgan fingerprint density at radius 3 is 2.10 bits per heavy atom. The first-order valence-corrected chi connectivity index (χ1v) is 10.5. The molecule has 0 atom stereocenters. The molecule has 0 aliphatic carbocycles. The number of benzene rings is 2. The summed E-state index contributed by atoms with van der Waals surface area (Å²) in [4.78, 5) is 19.0. The second-order valence-electron chi connectivity index (χ2n) is 8.70. The minimum Gasteiger partial charge on any atom is -0.444 e. The van der Waals surface area contributed by atoms with Gasteiger partial charge in [-0.15, -0.1) is 0 Å². The maximum atomic E-state index is 12.3. The van der Waals surface area contributed by atoms with E-state index in [4.69, 9.17) is 14.1 Å². The van der Waals surface area contributed by atoms with Crippen molar-refractivity contribution in [2.45, 2.75) is 45.1 Å². The lowest BCUT2D eigenvalue weighted by Crippen LogP contribution is -2.41. The van der Waals surface area contributed by atoms with Crippen molar-refractivity contribution in [1.82, 2.24) is 9.88 Å². The molecule has 0 spiro atoms. The van der Waals surface area contributed by atoms with Crippen molar-refractivity contribution < 1.29 is 13.9 Å². The van der Waals surface area contributed by atoms with Gasteiger partial charge >= 0.3 is 6.09 Å². The van der Waals surface area contributed by atoms with E-state index in [9.17, 15) is 4.79 Å². The predicted octanol–water partition coefficient (Wildman–Crippen LogP) is 6.12. The molecule has 0 unspecified atom stereocenters. The first-order chi connectivity index (χ1) is 14.4. The standard InChI is InChI=1S/C25H28N2O3/c1-25(2,3)30-24(28)27-16-14-20(15-17-27)23-26-21(18-10-6-4-7-11-18)22(29-23)19-12-8-5-9-13-19/h4-13,20H,14-17H2,1-3H3. The number of hydrogen-bond donors (Lipinski definition) is 0. The van der Waals surface area contributed by atoms with Crippen LogP contribution in [0.1, 0.15) is 45.4 Å². The highest BCUT2D eigenvalue weighted by molar-refractivity contribution is 5.76. The Bertz CT molecular complexity index is 925. The van der Waals surface area contributed by atoms with Crippen molar-refractivity contribution in [3.8, 4) is 22.6 Å². The maximum absolute atomic E-state index is 12.3. The first kappa shape index (κ1) is 20.2. The highest BCUT2D eigenvalue weighted by atomic mass is 16.6. The molecule has 0 saturated carbocycles. The van der Waals surface area contributed by atoms with Crippen LogP contribution in [0.5, 0.6) is 0 Å². The van der Waals surface area contributed by atoms with E-state index < -0.39 is 5.60 Å². The van der Waals surface area contributed by atoms with Gasteiger partial charge in [0.05, 0.1) is 0 Å². The maximum Gasteiger partial charge on any atom is 0.410 e. The van der Waals surface area contributed by atoms with Gasteiger partial charge < -0.3 is 14.1 Å². The zero-order valence-corrected chi connectivity index (χ0v) is 17.8. The van der Waals surface area contributed by atoms with E-state index in [0.29, 0.717) is 13.1 Å². The molecule has 156 valence electrons. The predicted molar refractivity (Wildman–Crippen MR) is 117 cm³/mol. The van der Waals surface area contributed by atoms with Gasteiger partial charge in [-0.1, -0.05) is 60.7 Å². The van der Waals surface area contributed by atoms with Gasteiger partial charge in [0, 0.05) is 30.1 Å². The van der Waals surface area contributed by atoms with Crippen molar-refractivity contribution in [2.75, 3.05) is 13.1 Å². The molecule has 0 N–H and O–H groups in total. The Morgan fingerprint density at radius 2 is 1.53 bits per heavy atom. The molecule has 4 rings (SSSR count). The molecule has 1 aliphatic heterocycles. The number of oxazole rings is 1. The summed E-state index contributed by atoms with van der Waals surface area (Å²) in [6.07, 6.45) is 1.37. The molecule has 3 aromatic rings. The summed E-state index contributed by atoms with van der Waals surface area (Å²) in [5.41, 5.74) is 2.44. The Hall–Kier alpha value is -3.08. The molecular weight excluding hydrogens is 376 g/mol. The zero-order chi connectivity index (χ0) is 21.1. The summed E-state index contributed by atoms with van der Waals surface area (Å²) < 4.78 is 11.8. The first-order valence-electron chi connectivity index (χ1n) is 10.5. The third-order valence-electron chi connectivity index (χ3n) is 5.22. The van der Waals surface area contributed by atoms with Crippen LogP contribution in [-0.4, -0.2) is 34.7 Å². The summed E-state index contributed by atoms with van der Waals surface area (Å²) >= 11 is 0. The van der Waals surface area contributed by atoms with E-state index in [1.165, 1.54) is 0 Å². The number of likely N-dealkylation sites (tertiary alicyclic amines) is 1. The van der Waals surface area contributed by atoms with Crippen LogP contribution in [0.2, 0.25) is 0 Å². The molecule has 5 heteroatoms. The van der Waals surface area contributed by atoms with Crippen LogP contribution in [0, 0.1) is 0 Å². The van der Waals surface area contributed by atoms with Gasteiger partial charge in [-0.3, -0.25) is 0 Å². The molecule has 1 amide bonds. The van der Waals surface area contributed by atoms with Crippen molar-refractivity contribution in [1.29, 1.82) is 0 Å². The van der Waals surface area contributed by atoms with Crippen LogP contribution in [0.3, 0.4) is 0 Å². The quantitative estimate of drug-likeness (QED) is 0.527. The Balaban J connectivity index is 1.56. The molecule has 30 heavy (non-hydrogen) atoms. The van der Waals surface area contributed by atoms with Gasteiger partial charge in [-0.2, -0.15) is 0 Å². The third kappa shape index (κ3) is 4.56. The molecule has 2 aromatic carbocycles. The fourth-order valence-electron chi connectivity index (χ4n) is 3.72. The molecule has 0 bridgehead atoms. The van der Waals surface area contributed by atoms with Gasteiger partial charge in [0.25, 0.3) is 0 Å². The zero-order valence-electron chi connectivity index (χ0n) is 17.8. The number of nitrogens with zero attached hydrogens (tertiary/aromatic N) is 2. The number of carbonyl (C=O) groups excluding carboxylic acids is 1.